The molecular formula is C17H17ClFI. The molecule has 0 heterocycles. The van der Waals surface area contributed by atoms with Gasteiger partial charge in [-0.25, -0.2) is 4.39 Å². The van der Waals surface area contributed by atoms with Gasteiger partial charge in [0, 0.05) is 3.57 Å². The zero-order chi connectivity index (χ0) is 14.7. The standard InChI is InChI=1S/C17H17ClFI/c1-3-11(2)12-4-6-13(7-5-12)17(18)15-9-8-14(19)10-16(15)20/h4-11,17H,3H2,1-2H3. The van der Waals surface area contributed by atoms with E-state index >= 15 is 0 Å². The minimum Gasteiger partial charge on any atom is -0.207 e. The second-order valence-corrected chi connectivity index (χ2v) is 6.60. The summed E-state index contributed by atoms with van der Waals surface area (Å²) in [6.45, 7) is 4.40. The zero-order valence-corrected chi connectivity index (χ0v) is 14.5. The van der Waals surface area contributed by atoms with Gasteiger partial charge >= 0.3 is 0 Å². The molecule has 2 atom stereocenters. The van der Waals surface area contributed by atoms with Crippen LogP contribution in [-0.2, 0) is 0 Å². The van der Waals surface area contributed by atoms with Crippen LogP contribution in [0.25, 0.3) is 0 Å². The summed E-state index contributed by atoms with van der Waals surface area (Å²) in [4.78, 5) is 0. The molecule has 20 heavy (non-hydrogen) atoms. The SMILES string of the molecule is CCC(C)c1ccc(C(Cl)c2ccc(F)cc2I)cc1. The van der Waals surface area contributed by atoms with Crippen molar-refractivity contribution < 1.29 is 4.39 Å². The van der Waals surface area contributed by atoms with Crippen LogP contribution in [0, 0.1) is 9.39 Å². The zero-order valence-electron chi connectivity index (χ0n) is 11.5. The predicted molar refractivity (Wildman–Crippen MR) is 92.0 cm³/mol. The van der Waals surface area contributed by atoms with E-state index in [2.05, 4.69) is 60.7 Å². The molecule has 0 bridgehead atoms. The third-order valence-corrected chi connectivity index (χ3v) is 5.07. The van der Waals surface area contributed by atoms with Crippen molar-refractivity contribution in [1.29, 1.82) is 0 Å². The van der Waals surface area contributed by atoms with Crippen LogP contribution in [0.1, 0.15) is 48.3 Å². The van der Waals surface area contributed by atoms with E-state index in [0.29, 0.717) is 5.92 Å². The molecule has 2 rings (SSSR count). The Morgan fingerprint density at radius 3 is 2.25 bits per heavy atom. The highest BCUT2D eigenvalue weighted by molar-refractivity contribution is 14.1. The van der Waals surface area contributed by atoms with E-state index in [1.165, 1.54) is 17.7 Å². The van der Waals surface area contributed by atoms with E-state index in [4.69, 9.17) is 11.6 Å². The summed E-state index contributed by atoms with van der Waals surface area (Å²) in [6.07, 6.45) is 1.12. The fraction of sp³-hybridized carbons (Fsp3) is 0.294. The normalized spacial score (nSPS) is 14.1. The lowest BCUT2D eigenvalue weighted by molar-refractivity contribution is 0.626. The maximum absolute atomic E-state index is 13.1. The molecule has 2 aromatic carbocycles. The quantitative estimate of drug-likeness (QED) is 0.417. The van der Waals surface area contributed by atoms with Crippen LogP contribution < -0.4 is 0 Å². The maximum Gasteiger partial charge on any atom is 0.124 e. The Morgan fingerprint density at radius 2 is 1.70 bits per heavy atom. The Kier molecular flexibility index (Phi) is 5.44. The molecule has 3 heteroatoms. The minimum atomic E-state index is -0.242. The van der Waals surface area contributed by atoms with Crippen molar-refractivity contribution in [3.8, 4) is 0 Å². The first kappa shape index (κ1) is 15.8. The van der Waals surface area contributed by atoms with Gasteiger partial charge in [-0.3, -0.25) is 0 Å². The number of alkyl halides is 1. The molecule has 2 unspecified atom stereocenters. The van der Waals surface area contributed by atoms with Gasteiger partial charge in [0.15, 0.2) is 0 Å². The van der Waals surface area contributed by atoms with Crippen LogP contribution in [0.5, 0.6) is 0 Å². The van der Waals surface area contributed by atoms with Crippen LogP contribution in [0.3, 0.4) is 0 Å². The van der Waals surface area contributed by atoms with Crippen LogP contribution in [0.15, 0.2) is 42.5 Å². The molecule has 0 aliphatic rings. The average Bonchev–Trinajstić information content (AvgIpc) is 2.46. The fourth-order valence-electron chi connectivity index (χ4n) is 2.12. The molecular weight excluding hydrogens is 386 g/mol. The lowest BCUT2D eigenvalue weighted by atomic mass is 9.96. The third-order valence-electron chi connectivity index (χ3n) is 3.65. The molecule has 0 aliphatic carbocycles. The van der Waals surface area contributed by atoms with Crippen molar-refractivity contribution in [2.75, 3.05) is 0 Å². The van der Waals surface area contributed by atoms with Crippen molar-refractivity contribution in [2.24, 2.45) is 0 Å². The topological polar surface area (TPSA) is 0 Å². The average molecular weight is 403 g/mol. The van der Waals surface area contributed by atoms with E-state index in [1.807, 2.05) is 0 Å². The highest BCUT2D eigenvalue weighted by Gasteiger charge is 2.15. The Labute approximate surface area is 138 Å². The molecule has 0 fully saturated rings. The van der Waals surface area contributed by atoms with Gasteiger partial charge in [0.1, 0.15) is 5.82 Å². The summed E-state index contributed by atoms with van der Waals surface area (Å²) in [7, 11) is 0. The number of hydrogen-bond acceptors (Lipinski definition) is 0. The molecule has 0 radical (unpaired) electrons. The van der Waals surface area contributed by atoms with Crippen molar-refractivity contribution in [1.82, 2.24) is 0 Å². The van der Waals surface area contributed by atoms with E-state index < -0.39 is 0 Å². The van der Waals surface area contributed by atoms with Crippen molar-refractivity contribution in [3.63, 3.8) is 0 Å². The first-order valence-electron chi connectivity index (χ1n) is 6.71. The second kappa shape index (κ2) is 6.90. The van der Waals surface area contributed by atoms with E-state index in [1.54, 1.807) is 6.07 Å². The molecule has 0 aromatic heterocycles. The smallest absolute Gasteiger partial charge is 0.124 e. The number of rotatable bonds is 4. The van der Waals surface area contributed by atoms with Crippen LogP contribution in [-0.4, -0.2) is 0 Å². The number of hydrogen-bond donors (Lipinski definition) is 0. The van der Waals surface area contributed by atoms with Crippen molar-refractivity contribution in [3.05, 3.63) is 68.5 Å². The van der Waals surface area contributed by atoms with E-state index in [9.17, 15) is 4.39 Å². The summed E-state index contributed by atoms with van der Waals surface area (Å²) in [6, 6.07) is 13.1. The first-order valence-corrected chi connectivity index (χ1v) is 8.23. The van der Waals surface area contributed by atoms with Crippen LogP contribution in [0.4, 0.5) is 4.39 Å². The Bertz CT molecular complexity index is 580. The van der Waals surface area contributed by atoms with Gasteiger partial charge in [0.2, 0.25) is 0 Å². The first-order chi connectivity index (χ1) is 9.52. The van der Waals surface area contributed by atoms with Gasteiger partial charge in [0.25, 0.3) is 0 Å². The van der Waals surface area contributed by atoms with E-state index in [-0.39, 0.29) is 11.2 Å². The Morgan fingerprint density at radius 1 is 1.10 bits per heavy atom. The molecule has 0 N–H and O–H groups in total. The molecule has 0 spiro atoms. The Balaban J connectivity index is 2.26. The predicted octanol–water partition coefficient (Wildman–Crippen LogP) is 6.27. The molecule has 0 nitrogen and oxygen atoms in total. The number of halogens is 3. The molecule has 0 amide bonds. The lowest BCUT2D eigenvalue weighted by Gasteiger charge is -2.14. The molecule has 106 valence electrons. The fourth-order valence-corrected chi connectivity index (χ4v) is 3.42. The summed E-state index contributed by atoms with van der Waals surface area (Å²) in [5.74, 6) is 0.331. The lowest BCUT2D eigenvalue weighted by Crippen LogP contribution is -1.98. The molecule has 0 saturated heterocycles. The van der Waals surface area contributed by atoms with Gasteiger partial charge in [-0.05, 0) is 63.8 Å². The van der Waals surface area contributed by atoms with Crippen LogP contribution >= 0.6 is 34.2 Å². The van der Waals surface area contributed by atoms with Gasteiger partial charge in [0.05, 0.1) is 5.38 Å². The molecule has 0 saturated carbocycles. The van der Waals surface area contributed by atoms with Gasteiger partial charge in [-0.15, -0.1) is 11.6 Å². The summed E-state index contributed by atoms with van der Waals surface area (Å²) < 4.78 is 14.0. The summed E-state index contributed by atoms with van der Waals surface area (Å²) in [5.41, 5.74) is 3.32. The third kappa shape index (κ3) is 3.53. The minimum absolute atomic E-state index is 0.228. The number of benzene rings is 2. The van der Waals surface area contributed by atoms with Gasteiger partial charge < -0.3 is 0 Å². The molecule has 2 aromatic rings. The van der Waals surface area contributed by atoms with Crippen LogP contribution in [0.2, 0.25) is 0 Å². The van der Waals surface area contributed by atoms with Gasteiger partial charge in [-0.1, -0.05) is 44.2 Å². The van der Waals surface area contributed by atoms with E-state index in [0.717, 1.165) is 21.1 Å². The van der Waals surface area contributed by atoms with Gasteiger partial charge in [-0.2, -0.15) is 0 Å². The maximum atomic E-state index is 13.1. The van der Waals surface area contributed by atoms with Crippen molar-refractivity contribution in [2.45, 2.75) is 31.6 Å². The summed E-state index contributed by atoms with van der Waals surface area (Å²) >= 11 is 8.65. The van der Waals surface area contributed by atoms with Crippen molar-refractivity contribution >= 4 is 34.2 Å². The highest BCUT2D eigenvalue weighted by atomic mass is 127. The molecule has 0 aliphatic heterocycles. The Hall–Kier alpha value is -0.610. The summed E-state index contributed by atoms with van der Waals surface area (Å²) in [5, 5.41) is -0.242. The highest BCUT2D eigenvalue weighted by Crippen LogP contribution is 2.33. The monoisotopic (exact) mass is 402 g/mol. The second-order valence-electron chi connectivity index (χ2n) is 5.00. The largest absolute Gasteiger partial charge is 0.207 e.